The van der Waals surface area contributed by atoms with E-state index >= 15 is 0 Å². The third-order valence-electron chi connectivity index (χ3n) is 6.75. The highest BCUT2D eigenvalue weighted by molar-refractivity contribution is 6.09. The molecule has 0 spiro atoms. The van der Waals surface area contributed by atoms with Crippen LogP contribution in [0.2, 0.25) is 0 Å². The third kappa shape index (κ3) is 4.65. The van der Waals surface area contributed by atoms with Gasteiger partial charge in [-0.2, -0.15) is 5.10 Å². The average Bonchev–Trinajstić information content (AvgIpc) is 3.30. The molecule has 1 heterocycles. The molecule has 5 rings (SSSR count). The van der Waals surface area contributed by atoms with Gasteiger partial charge in [-0.15, -0.1) is 0 Å². The van der Waals surface area contributed by atoms with Crippen LogP contribution in [-0.2, 0) is 0 Å². The molecule has 2 atom stereocenters. The van der Waals surface area contributed by atoms with Crippen LogP contribution in [0.25, 0.3) is 6.08 Å². The topological polar surface area (TPSA) is 119 Å². The number of allylic oxidation sites excluding steroid dienone is 1. The number of rotatable bonds is 5. The van der Waals surface area contributed by atoms with Crippen LogP contribution in [0.5, 0.6) is 0 Å². The largest absolute Gasteiger partial charge is 0.289 e. The van der Waals surface area contributed by atoms with Gasteiger partial charge in [0.2, 0.25) is 0 Å². The van der Waals surface area contributed by atoms with Gasteiger partial charge in [-0.05, 0) is 72.4 Å². The maximum Gasteiger partial charge on any atom is 0.289 e. The van der Waals surface area contributed by atoms with E-state index in [2.05, 4.69) is 5.10 Å². The van der Waals surface area contributed by atoms with Gasteiger partial charge in [0, 0.05) is 12.0 Å². The lowest BCUT2D eigenvalue weighted by Gasteiger charge is -2.29. The fourth-order valence-corrected chi connectivity index (χ4v) is 5.01. The number of benzene rings is 3. The number of carbonyl (C=O) groups excluding carboxylic acids is 1. The smallest absolute Gasteiger partial charge is 0.267 e. The van der Waals surface area contributed by atoms with E-state index in [4.69, 9.17) is 0 Å². The predicted molar refractivity (Wildman–Crippen MR) is 134 cm³/mol. The molecular weight excluding hydrogens is 498 g/mol. The van der Waals surface area contributed by atoms with E-state index in [1.165, 1.54) is 24.3 Å². The van der Waals surface area contributed by atoms with Crippen molar-refractivity contribution in [2.75, 3.05) is 0 Å². The van der Waals surface area contributed by atoms with Crippen LogP contribution in [-0.4, -0.2) is 26.5 Å². The zero-order valence-electron chi connectivity index (χ0n) is 19.8. The van der Waals surface area contributed by atoms with Gasteiger partial charge in [-0.25, -0.2) is 13.8 Å². The standard InChI is InChI=1S/C27H20F2N4O5/c28-19-8-4-16(5-9-19)14-18-2-1-3-23-25(18)30-31(26(23)17-6-10-20(29)11-7-17)27(34)22-13-12-21(32(35)36)15-24(22)33(37)38/h4-15,23,26H,1-3H2/b18-14-/t23-,26+/m1/s1. The number of nitro groups is 2. The Morgan fingerprint density at radius 1 is 0.947 bits per heavy atom. The van der Waals surface area contributed by atoms with E-state index in [0.29, 0.717) is 24.1 Å². The molecule has 1 amide bonds. The molecule has 1 fully saturated rings. The van der Waals surface area contributed by atoms with Crippen molar-refractivity contribution in [1.29, 1.82) is 0 Å². The minimum absolute atomic E-state index is 0.276. The van der Waals surface area contributed by atoms with Crippen LogP contribution < -0.4 is 0 Å². The number of hydrogen-bond donors (Lipinski definition) is 0. The van der Waals surface area contributed by atoms with Crippen LogP contribution in [0.1, 0.15) is 46.8 Å². The van der Waals surface area contributed by atoms with Crippen LogP contribution in [0.3, 0.4) is 0 Å². The maximum atomic E-state index is 13.8. The Labute approximate surface area is 215 Å². The highest BCUT2D eigenvalue weighted by Gasteiger charge is 2.45. The Kier molecular flexibility index (Phi) is 6.50. The molecule has 0 bridgehead atoms. The normalized spacial score (nSPS) is 19.7. The third-order valence-corrected chi connectivity index (χ3v) is 6.75. The SMILES string of the molecule is O=C(c1ccc([N+](=O)[O-])cc1[N+](=O)[O-])N1N=C2/C(=C\c3ccc(F)cc3)CCC[C@H]2[C@@H]1c1ccc(F)cc1. The summed E-state index contributed by atoms with van der Waals surface area (Å²) in [6.45, 7) is 0. The van der Waals surface area contributed by atoms with Gasteiger partial charge in [-0.1, -0.05) is 24.3 Å². The Morgan fingerprint density at radius 3 is 2.24 bits per heavy atom. The molecule has 1 saturated carbocycles. The number of nitro benzene ring substituents is 2. The first-order chi connectivity index (χ1) is 18.2. The van der Waals surface area contributed by atoms with Gasteiger partial charge in [0.25, 0.3) is 17.3 Å². The molecule has 0 N–H and O–H groups in total. The van der Waals surface area contributed by atoms with E-state index in [0.717, 1.165) is 40.8 Å². The molecule has 0 unspecified atom stereocenters. The number of amides is 1. The first-order valence-corrected chi connectivity index (χ1v) is 11.8. The van der Waals surface area contributed by atoms with E-state index in [9.17, 15) is 33.8 Å². The molecule has 0 saturated heterocycles. The van der Waals surface area contributed by atoms with Crippen molar-refractivity contribution in [2.45, 2.75) is 25.3 Å². The number of hydrazone groups is 1. The molecule has 11 heteroatoms. The predicted octanol–water partition coefficient (Wildman–Crippen LogP) is 6.22. The van der Waals surface area contributed by atoms with Crippen LogP contribution in [0, 0.1) is 37.8 Å². The summed E-state index contributed by atoms with van der Waals surface area (Å²) in [5, 5.41) is 28.7. The van der Waals surface area contributed by atoms with Crippen LogP contribution in [0.4, 0.5) is 20.2 Å². The number of hydrogen-bond acceptors (Lipinski definition) is 6. The van der Waals surface area contributed by atoms with Crippen molar-refractivity contribution < 1.29 is 23.4 Å². The van der Waals surface area contributed by atoms with E-state index < -0.39 is 39.0 Å². The molecule has 0 aromatic heterocycles. The molecule has 9 nitrogen and oxygen atoms in total. The number of nitrogens with zero attached hydrogens (tertiary/aromatic N) is 4. The van der Waals surface area contributed by atoms with Crippen molar-refractivity contribution in [3.63, 3.8) is 0 Å². The van der Waals surface area contributed by atoms with Crippen molar-refractivity contribution in [2.24, 2.45) is 11.0 Å². The molecule has 1 aliphatic heterocycles. The first-order valence-electron chi connectivity index (χ1n) is 11.8. The van der Waals surface area contributed by atoms with Gasteiger partial charge in [0.05, 0.1) is 27.7 Å². The number of non-ortho nitro benzene ring substituents is 1. The Balaban J connectivity index is 1.61. The van der Waals surface area contributed by atoms with Gasteiger partial charge in [-0.3, -0.25) is 25.0 Å². The summed E-state index contributed by atoms with van der Waals surface area (Å²) < 4.78 is 27.1. The molecule has 2 aliphatic rings. The lowest BCUT2D eigenvalue weighted by Crippen LogP contribution is -2.32. The monoisotopic (exact) mass is 518 g/mol. The molecule has 3 aromatic rings. The fraction of sp³-hybridized carbons (Fsp3) is 0.185. The summed E-state index contributed by atoms with van der Waals surface area (Å²) in [7, 11) is 0. The molecule has 192 valence electrons. The minimum atomic E-state index is -0.844. The quantitative estimate of drug-likeness (QED) is 0.293. The lowest BCUT2D eigenvalue weighted by atomic mass is 9.77. The fourth-order valence-electron chi connectivity index (χ4n) is 5.01. The van der Waals surface area contributed by atoms with Crippen molar-refractivity contribution in [3.05, 3.63) is 121 Å². The minimum Gasteiger partial charge on any atom is -0.267 e. The molecule has 3 aromatic carbocycles. The molecule has 0 radical (unpaired) electrons. The van der Waals surface area contributed by atoms with E-state index in [1.54, 1.807) is 24.3 Å². The summed E-state index contributed by atoms with van der Waals surface area (Å²) in [4.78, 5) is 35.0. The zero-order valence-corrected chi connectivity index (χ0v) is 19.8. The van der Waals surface area contributed by atoms with Crippen LogP contribution in [0.15, 0.2) is 77.4 Å². The summed E-state index contributed by atoms with van der Waals surface area (Å²) in [5.74, 6) is -1.91. The summed E-state index contributed by atoms with van der Waals surface area (Å²) in [6.07, 6.45) is 3.96. The molecular formula is C27H20F2N4O5. The Bertz CT molecular complexity index is 1500. The Morgan fingerprint density at radius 2 is 1.61 bits per heavy atom. The molecule has 1 aliphatic carbocycles. The summed E-state index contributed by atoms with van der Waals surface area (Å²) in [6, 6.07) is 13.7. The van der Waals surface area contributed by atoms with Crippen LogP contribution >= 0.6 is 0 Å². The van der Waals surface area contributed by atoms with E-state index in [1.807, 2.05) is 6.08 Å². The Hall–Kier alpha value is -4.80. The van der Waals surface area contributed by atoms with Gasteiger partial charge in [0.1, 0.15) is 17.2 Å². The average molecular weight is 518 g/mol. The molecule has 38 heavy (non-hydrogen) atoms. The summed E-state index contributed by atoms with van der Waals surface area (Å²) in [5.41, 5.74) is 1.23. The number of fused-ring (bicyclic) bond motifs is 1. The van der Waals surface area contributed by atoms with Gasteiger partial charge >= 0.3 is 0 Å². The van der Waals surface area contributed by atoms with Crippen molar-refractivity contribution in [1.82, 2.24) is 5.01 Å². The summed E-state index contributed by atoms with van der Waals surface area (Å²) >= 11 is 0. The van der Waals surface area contributed by atoms with Gasteiger partial charge < -0.3 is 0 Å². The van der Waals surface area contributed by atoms with Gasteiger partial charge in [0.15, 0.2) is 0 Å². The van der Waals surface area contributed by atoms with Crippen molar-refractivity contribution in [3.8, 4) is 0 Å². The van der Waals surface area contributed by atoms with E-state index in [-0.39, 0.29) is 17.3 Å². The lowest BCUT2D eigenvalue weighted by molar-refractivity contribution is -0.394. The highest BCUT2D eigenvalue weighted by Crippen LogP contribution is 2.45. The second-order valence-corrected chi connectivity index (χ2v) is 9.07. The highest BCUT2D eigenvalue weighted by atomic mass is 19.1. The zero-order chi connectivity index (χ0) is 27.0. The second kappa shape index (κ2) is 9.92. The van der Waals surface area contributed by atoms with Crippen molar-refractivity contribution >= 4 is 29.1 Å². The number of halogens is 2. The number of carbonyl (C=O) groups is 1. The first kappa shape index (κ1) is 24.9. The second-order valence-electron chi connectivity index (χ2n) is 9.07. The maximum absolute atomic E-state index is 13.8.